The molecule has 10 aliphatic rings. The number of nitrogens with one attached hydrogen (secondary N) is 4. The first-order chi connectivity index (χ1) is 58.0. The minimum Gasteiger partial charge on any atom is -0.479 e. The number of hydrogen-bond acceptors (Lipinski definition) is 50. The molecule has 0 aromatic rings. The molecule has 123 heavy (non-hydrogen) atoms. The number of rotatable bonds is 31. The standard InChI is InChI=1S/C68H112N4O51/c1-14-31(83)41(93)46(98)63(107-14)105-13-26-52(38(90)27(59(104)108-26)69-15(2)79)116-61-29(71-17(4)81)39(91)51(23(10-77)113-61)118-66-49(101)54(120-68-57(44(96)34(86)21(8-75)112-68)123-60-28(70-16(3)80)37(89)32(84)19(6-73)109-60)36(88)25(115-66)12-106-67-56(43(95)33(85)20(7-74)111-67)122-62-30(72-18(5)82)40(92)50(24(11-78)114-62)117-65-48(100)53(35(87)22(9-76)110-65)119-64-47(99)42(94)45(97)55(121-64)58(102)103/h14,19-57,59-68,73-78,83-101,104H,6-13H2,1-5H3,(H,69,79)(H,70,80)(H,71,81)(H,72,82)(H,102,103)/t14-,19-,20-,21-,22-,23-,24-,25-,26-,27-,28+,29-,30-,31+,32-,33-,34-,35+,36-,37-,38-,39-,40-,41+,42+,43+,44+,45+,46-,47-,48-,49+,50-,51-,52-,53+,54+,55+,56+,57+,59-,60+,61+,62+,63+,64-,65+,66+,67+,68-/m1/s1. The quantitative estimate of drug-likeness (QED) is 0.0306. The van der Waals surface area contributed by atoms with Crippen LogP contribution in [0.15, 0.2) is 0 Å². The van der Waals surface area contributed by atoms with Gasteiger partial charge in [-0.15, -0.1) is 0 Å². The molecule has 0 aromatic carbocycles. The van der Waals surface area contributed by atoms with Gasteiger partial charge in [0.25, 0.3) is 0 Å². The maximum absolute atomic E-state index is 13.2. The predicted octanol–water partition coefficient (Wildman–Crippen LogP) is -21.1. The Morgan fingerprint density at radius 3 is 1.02 bits per heavy atom. The summed E-state index contributed by atoms with van der Waals surface area (Å²) < 4.78 is 112. The molecule has 0 spiro atoms. The molecule has 55 heteroatoms. The number of aliphatic hydroxyl groups excluding tert-OH is 26. The van der Waals surface area contributed by atoms with Crippen LogP contribution in [0.3, 0.4) is 0 Å². The summed E-state index contributed by atoms with van der Waals surface area (Å²) in [6, 6.07) is -7.63. The number of carboxylic acid groups (broad SMARTS) is 1. The van der Waals surface area contributed by atoms with Crippen LogP contribution in [0.5, 0.6) is 0 Å². The van der Waals surface area contributed by atoms with Crippen molar-refractivity contribution in [3.63, 3.8) is 0 Å². The first-order valence-electron chi connectivity index (χ1n) is 39.0. The summed E-state index contributed by atoms with van der Waals surface area (Å²) in [5.41, 5.74) is 0. The third kappa shape index (κ3) is 22.3. The zero-order chi connectivity index (χ0) is 90.7. The number of aliphatic hydroxyl groups is 26. The van der Waals surface area contributed by atoms with Crippen molar-refractivity contribution in [2.24, 2.45) is 0 Å². The molecule has 0 bridgehead atoms. The van der Waals surface area contributed by atoms with E-state index in [-0.39, 0.29) is 0 Å². The van der Waals surface area contributed by atoms with Crippen LogP contribution >= 0.6 is 0 Å². The van der Waals surface area contributed by atoms with Gasteiger partial charge in [-0.25, -0.2) is 4.79 Å². The Balaban J connectivity index is 0.960. The molecule has 4 amide bonds. The zero-order valence-corrected chi connectivity index (χ0v) is 65.9. The van der Waals surface area contributed by atoms with Gasteiger partial charge < -0.3 is 249 Å². The van der Waals surface area contributed by atoms with Crippen molar-refractivity contribution < 1.29 is 252 Å². The molecule has 31 N–H and O–H groups in total. The van der Waals surface area contributed by atoms with E-state index in [0.717, 1.165) is 27.7 Å². The Bertz CT molecular complexity index is 3380. The van der Waals surface area contributed by atoms with Gasteiger partial charge in [-0.2, -0.15) is 0 Å². The third-order valence-corrected chi connectivity index (χ3v) is 22.4. The number of hydrogen-bond donors (Lipinski definition) is 31. The predicted molar refractivity (Wildman–Crippen MR) is 375 cm³/mol. The topological polar surface area (TPSA) is 855 Å². The summed E-state index contributed by atoms with van der Waals surface area (Å²) in [4.78, 5) is 63.2. The summed E-state index contributed by atoms with van der Waals surface area (Å²) >= 11 is 0. The van der Waals surface area contributed by atoms with Crippen molar-refractivity contribution in [2.75, 3.05) is 52.9 Å². The molecule has 0 saturated carbocycles. The normalized spacial score (nSPS) is 49.4. The number of aliphatic carboxylic acids is 1. The van der Waals surface area contributed by atoms with E-state index in [1.54, 1.807) is 0 Å². The number of carbonyl (C=O) groups is 5. The van der Waals surface area contributed by atoms with Crippen LogP contribution in [0.2, 0.25) is 0 Å². The smallest absolute Gasteiger partial charge is 0.335 e. The second-order valence-corrected chi connectivity index (χ2v) is 31.0. The molecule has 50 atom stereocenters. The van der Waals surface area contributed by atoms with E-state index >= 15 is 0 Å². The first-order valence-corrected chi connectivity index (χ1v) is 39.0. The summed E-state index contributed by atoms with van der Waals surface area (Å²) in [7, 11) is 0. The van der Waals surface area contributed by atoms with Gasteiger partial charge >= 0.3 is 5.97 Å². The van der Waals surface area contributed by atoms with Crippen LogP contribution < -0.4 is 21.3 Å². The number of amides is 4. The van der Waals surface area contributed by atoms with Crippen molar-refractivity contribution in [3.05, 3.63) is 0 Å². The fourth-order valence-electron chi connectivity index (χ4n) is 15.8. The largest absolute Gasteiger partial charge is 0.479 e. The highest BCUT2D eigenvalue weighted by atomic mass is 16.8. The fourth-order valence-corrected chi connectivity index (χ4v) is 15.8. The first kappa shape index (κ1) is 101. The van der Waals surface area contributed by atoms with E-state index in [1.807, 2.05) is 0 Å². The van der Waals surface area contributed by atoms with Crippen molar-refractivity contribution in [3.8, 4) is 0 Å². The average molecular weight is 1800 g/mol. The highest BCUT2D eigenvalue weighted by molar-refractivity contribution is 5.75. The van der Waals surface area contributed by atoms with Crippen LogP contribution in [-0.4, -0.2) is 527 Å². The Hall–Kier alpha value is -4.45. The van der Waals surface area contributed by atoms with E-state index in [0.29, 0.717) is 0 Å². The van der Waals surface area contributed by atoms with Gasteiger partial charge in [-0.3, -0.25) is 19.2 Å². The van der Waals surface area contributed by atoms with Crippen molar-refractivity contribution >= 4 is 29.6 Å². The average Bonchev–Trinajstić information content (AvgIpc) is 0.769. The van der Waals surface area contributed by atoms with Crippen LogP contribution in [0.25, 0.3) is 0 Å². The van der Waals surface area contributed by atoms with E-state index in [1.165, 1.54) is 6.92 Å². The Morgan fingerprint density at radius 1 is 0.252 bits per heavy atom. The molecule has 0 aliphatic carbocycles. The van der Waals surface area contributed by atoms with E-state index in [4.69, 9.17) is 90.0 Å². The lowest BCUT2D eigenvalue weighted by atomic mass is 9.93. The third-order valence-electron chi connectivity index (χ3n) is 22.4. The maximum Gasteiger partial charge on any atom is 0.335 e. The van der Waals surface area contributed by atoms with Crippen LogP contribution in [0, 0.1) is 0 Å². The van der Waals surface area contributed by atoms with Crippen LogP contribution in [-0.2, 0) is 114 Å². The number of ether oxygens (including phenoxy) is 19. The van der Waals surface area contributed by atoms with Gasteiger partial charge in [0.15, 0.2) is 69.0 Å². The molecular weight excluding hydrogens is 1690 g/mol. The Labute approximate surface area is 695 Å². The molecule has 10 fully saturated rings. The minimum absolute atomic E-state index is 0.845. The highest BCUT2D eigenvalue weighted by Crippen LogP contribution is 2.41. The number of carbonyl (C=O) groups excluding carboxylic acids is 4. The summed E-state index contributed by atoms with van der Waals surface area (Å²) in [5, 5.41) is 310. The SMILES string of the molecule is CC(=O)N[C@@H]1[C@H](O[C@@H]2[C@@H](O[C@@H]3[C@H](O)[C@H](O[C@H]4[C@H](O)[C@@H](NC(C)=O)[C@H](O[C@H]5[C@H](O)[C@@H](NC(C)=O)[C@H](O)O[C@@H]5CO[C@H]5O[C@H](C)[C@H](O)[C@H](O)[C@H]5O)O[C@@H]4CO)O[C@H](CO[C@H]4O[C@H](CO)[C@@H](O)[C@H](O)[C@@H]4O[C@@H]4O[C@H](CO)[C@@H](O[C@@H]5O[C@H](CO)[C@H](O)[C@H](O[C@@H]6O[C@H](C(=O)O)[C@@H](O)[C@H](O)[C@H]6O)[C@H]5O)[C@H](O)[C@H]4NC(C)=O)[C@H]3O)O[C@H](CO)[C@@H](O)[C@@H]2O)O[C@H](CO)[C@@H](O)[C@@H]1O. The monoisotopic (exact) mass is 1800 g/mol. The van der Waals surface area contributed by atoms with Crippen molar-refractivity contribution in [2.45, 2.75) is 341 Å². The Morgan fingerprint density at radius 2 is 0.561 bits per heavy atom. The van der Waals surface area contributed by atoms with Crippen LogP contribution in [0.1, 0.15) is 34.6 Å². The highest BCUT2D eigenvalue weighted by Gasteiger charge is 2.62. The minimum atomic E-state index is -2.60. The number of carboxylic acids is 1. The molecule has 0 unspecified atom stereocenters. The van der Waals surface area contributed by atoms with Gasteiger partial charge in [-0.05, 0) is 6.92 Å². The van der Waals surface area contributed by atoms with E-state index < -0.39 is 389 Å². The van der Waals surface area contributed by atoms with E-state index in [9.17, 15) is 162 Å². The zero-order valence-electron chi connectivity index (χ0n) is 65.9. The lowest BCUT2D eigenvalue weighted by molar-refractivity contribution is -0.397. The van der Waals surface area contributed by atoms with Gasteiger partial charge in [0.1, 0.15) is 232 Å². The molecule has 10 heterocycles. The van der Waals surface area contributed by atoms with Gasteiger partial charge in [-0.1, -0.05) is 0 Å². The molecule has 10 rings (SSSR count). The second kappa shape index (κ2) is 43.5. The van der Waals surface area contributed by atoms with Gasteiger partial charge in [0.05, 0.1) is 59.0 Å². The van der Waals surface area contributed by atoms with Crippen molar-refractivity contribution in [1.29, 1.82) is 0 Å². The molecular formula is C68H112N4O51. The molecule has 10 saturated heterocycles. The second-order valence-electron chi connectivity index (χ2n) is 31.0. The van der Waals surface area contributed by atoms with E-state index in [2.05, 4.69) is 21.3 Å². The summed E-state index contributed by atoms with van der Waals surface area (Å²) in [5.74, 6) is -5.61. The molecule has 10 aliphatic heterocycles. The Kier molecular flexibility index (Phi) is 35.6. The maximum atomic E-state index is 13.2. The van der Waals surface area contributed by atoms with Gasteiger partial charge in [0.2, 0.25) is 23.6 Å². The lowest BCUT2D eigenvalue weighted by Gasteiger charge is -2.51. The van der Waals surface area contributed by atoms with Crippen LogP contribution in [0.4, 0.5) is 0 Å². The summed E-state index contributed by atoms with van der Waals surface area (Å²) in [6.07, 6.45) is -97.8. The fraction of sp³-hybridized carbons (Fsp3) is 0.926. The molecule has 710 valence electrons. The lowest BCUT2D eigenvalue weighted by Crippen LogP contribution is -2.71. The van der Waals surface area contributed by atoms with Crippen molar-refractivity contribution in [1.82, 2.24) is 21.3 Å². The van der Waals surface area contributed by atoms with Gasteiger partial charge in [0, 0.05) is 27.7 Å². The molecule has 55 nitrogen and oxygen atoms in total. The molecule has 0 aromatic heterocycles. The molecule has 0 radical (unpaired) electrons. The summed E-state index contributed by atoms with van der Waals surface area (Å²) in [6.45, 7) is -4.04.